The Balaban J connectivity index is 1.22. The van der Waals surface area contributed by atoms with Gasteiger partial charge in [0.2, 0.25) is 0 Å². The molecular formula is C24H26N4O2S. The number of thiophene rings is 1. The van der Waals surface area contributed by atoms with Crippen molar-refractivity contribution < 1.29 is 9.59 Å². The van der Waals surface area contributed by atoms with Gasteiger partial charge >= 0.3 is 0 Å². The van der Waals surface area contributed by atoms with E-state index in [0.29, 0.717) is 25.2 Å². The number of aromatic nitrogens is 1. The van der Waals surface area contributed by atoms with Gasteiger partial charge in [0.05, 0.1) is 10.4 Å². The molecule has 160 valence electrons. The molecule has 1 saturated heterocycles. The summed E-state index contributed by atoms with van der Waals surface area (Å²) < 4.78 is 0. The minimum Gasteiger partial charge on any atom is -0.353 e. The minimum atomic E-state index is -0.0986. The van der Waals surface area contributed by atoms with Gasteiger partial charge in [0, 0.05) is 38.9 Å². The second kappa shape index (κ2) is 10.2. The van der Waals surface area contributed by atoms with E-state index >= 15 is 0 Å². The quantitative estimate of drug-likeness (QED) is 0.579. The molecule has 3 heterocycles. The number of nitrogens with one attached hydrogen (secondary N) is 1. The van der Waals surface area contributed by atoms with E-state index in [1.807, 2.05) is 52.7 Å². The molecule has 1 N–H and O–H groups in total. The molecule has 0 aliphatic carbocycles. The van der Waals surface area contributed by atoms with Gasteiger partial charge in [-0.2, -0.15) is 0 Å². The average molecular weight is 435 g/mol. The van der Waals surface area contributed by atoms with Crippen molar-refractivity contribution >= 4 is 29.0 Å². The number of piperazine rings is 1. The molecule has 6 nitrogen and oxygen atoms in total. The Kier molecular flexibility index (Phi) is 6.94. The zero-order valence-electron chi connectivity index (χ0n) is 17.4. The number of amides is 2. The maximum atomic E-state index is 12.5. The molecule has 7 heteroatoms. The Hall–Kier alpha value is -3.19. The van der Waals surface area contributed by atoms with Crippen molar-refractivity contribution in [1.82, 2.24) is 15.2 Å². The zero-order chi connectivity index (χ0) is 21.5. The highest BCUT2D eigenvalue weighted by Crippen LogP contribution is 2.17. The van der Waals surface area contributed by atoms with Crippen LogP contribution in [0.15, 0.2) is 66.2 Å². The number of nitrogens with zero attached hydrogens (tertiary/aromatic N) is 3. The first-order valence-electron chi connectivity index (χ1n) is 10.6. The van der Waals surface area contributed by atoms with Crippen molar-refractivity contribution in [3.8, 4) is 0 Å². The van der Waals surface area contributed by atoms with Gasteiger partial charge in [0.15, 0.2) is 0 Å². The predicted molar refractivity (Wildman–Crippen MR) is 124 cm³/mol. The molecule has 0 atom stereocenters. The molecule has 4 rings (SSSR count). The monoisotopic (exact) mass is 434 g/mol. The van der Waals surface area contributed by atoms with Gasteiger partial charge in [-0.05, 0) is 42.0 Å². The first kappa shape index (κ1) is 21.1. The van der Waals surface area contributed by atoms with Gasteiger partial charge < -0.3 is 15.1 Å². The molecule has 1 aromatic carbocycles. The number of hydrogen-bond acceptors (Lipinski definition) is 5. The van der Waals surface area contributed by atoms with E-state index in [9.17, 15) is 9.59 Å². The van der Waals surface area contributed by atoms with Crippen LogP contribution < -0.4 is 10.2 Å². The fourth-order valence-corrected chi connectivity index (χ4v) is 4.33. The Morgan fingerprint density at radius 1 is 0.968 bits per heavy atom. The van der Waals surface area contributed by atoms with E-state index < -0.39 is 0 Å². The van der Waals surface area contributed by atoms with Crippen molar-refractivity contribution in [1.29, 1.82) is 0 Å². The van der Waals surface area contributed by atoms with E-state index in [-0.39, 0.29) is 11.8 Å². The zero-order valence-corrected chi connectivity index (χ0v) is 18.2. The van der Waals surface area contributed by atoms with Crippen LogP contribution in [0.25, 0.3) is 0 Å². The summed E-state index contributed by atoms with van der Waals surface area (Å²) in [5.74, 6) is 0.837. The number of rotatable bonds is 7. The topological polar surface area (TPSA) is 65.5 Å². The predicted octanol–water partition coefficient (Wildman–Crippen LogP) is 3.47. The lowest BCUT2D eigenvalue weighted by Gasteiger charge is -2.35. The Bertz CT molecular complexity index is 982. The van der Waals surface area contributed by atoms with Crippen LogP contribution in [0.3, 0.4) is 0 Å². The number of pyridine rings is 1. The van der Waals surface area contributed by atoms with Crippen LogP contribution in [-0.2, 0) is 6.42 Å². The van der Waals surface area contributed by atoms with Gasteiger partial charge in [-0.25, -0.2) is 4.98 Å². The number of anilines is 1. The molecule has 0 saturated carbocycles. The highest BCUT2D eigenvalue weighted by Gasteiger charge is 2.23. The van der Waals surface area contributed by atoms with Crippen molar-refractivity contribution in [2.75, 3.05) is 37.6 Å². The lowest BCUT2D eigenvalue weighted by molar-refractivity contribution is 0.0751. The summed E-state index contributed by atoms with van der Waals surface area (Å²) in [6.45, 7) is 3.43. The highest BCUT2D eigenvalue weighted by molar-refractivity contribution is 7.12. The maximum Gasteiger partial charge on any atom is 0.264 e. The third-order valence-electron chi connectivity index (χ3n) is 5.40. The molecule has 0 unspecified atom stereocenters. The van der Waals surface area contributed by atoms with Gasteiger partial charge in [-0.1, -0.05) is 36.4 Å². The number of aryl methyl sites for hydroxylation is 1. The summed E-state index contributed by atoms with van der Waals surface area (Å²) in [5, 5.41) is 4.89. The van der Waals surface area contributed by atoms with Crippen LogP contribution in [0, 0.1) is 0 Å². The Morgan fingerprint density at radius 2 is 1.77 bits per heavy atom. The molecule has 31 heavy (non-hydrogen) atoms. The SMILES string of the molecule is O=C(NCCCc1ccccc1)c1ccc(N2CCN(C(=O)c3cccs3)CC2)nc1. The largest absolute Gasteiger partial charge is 0.353 e. The van der Waals surface area contributed by atoms with Gasteiger partial charge in [-0.3, -0.25) is 9.59 Å². The molecule has 1 fully saturated rings. The van der Waals surface area contributed by atoms with E-state index in [0.717, 1.165) is 36.6 Å². The van der Waals surface area contributed by atoms with Crippen LogP contribution in [0.4, 0.5) is 5.82 Å². The second-order valence-electron chi connectivity index (χ2n) is 7.51. The van der Waals surface area contributed by atoms with Crippen molar-refractivity contribution in [2.24, 2.45) is 0 Å². The van der Waals surface area contributed by atoms with Crippen LogP contribution in [-0.4, -0.2) is 54.4 Å². The van der Waals surface area contributed by atoms with Crippen molar-refractivity contribution in [2.45, 2.75) is 12.8 Å². The third-order valence-corrected chi connectivity index (χ3v) is 6.26. The molecule has 0 spiro atoms. The fourth-order valence-electron chi connectivity index (χ4n) is 3.64. The number of carbonyl (C=O) groups excluding carboxylic acids is 2. The summed E-state index contributed by atoms with van der Waals surface area (Å²) in [5.41, 5.74) is 1.84. The van der Waals surface area contributed by atoms with Gasteiger partial charge in [-0.15, -0.1) is 11.3 Å². The van der Waals surface area contributed by atoms with E-state index in [4.69, 9.17) is 0 Å². The van der Waals surface area contributed by atoms with E-state index in [1.165, 1.54) is 16.9 Å². The third kappa shape index (κ3) is 5.49. The standard InChI is InChI=1S/C24H26N4O2S/c29-23(25-12-4-8-19-6-2-1-3-7-19)20-10-11-22(26-18-20)27-13-15-28(16-14-27)24(30)21-9-5-17-31-21/h1-3,5-7,9-11,17-18H,4,8,12-16H2,(H,25,29). The molecular weight excluding hydrogens is 408 g/mol. The number of hydrogen-bond donors (Lipinski definition) is 1. The summed E-state index contributed by atoms with van der Waals surface area (Å²) in [6.07, 6.45) is 3.47. The Morgan fingerprint density at radius 3 is 2.45 bits per heavy atom. The lowest BCUT2D eigenvalue weighted by atomic mass is 10.1. The van der Waals surface area contributed by atoms with Crippen molar-refractivity contribution in [3.63, 3.8) is 0 Å². The van der Waals surface area contributed by atoms with Crippen LogP contribution in [0.5, 0.6) is 0 Å². The second-order valence-corrected chi connectivity index (χ2v) is 8.45. The van der Waals surface area contributed by atoms with Crippen LogP contribution in [0.1, 0.15) is 32.0 Å². The molecule has 2 amide bonds. The molecule has 3 aromatic rings. The van der Waals surface area contributed by atoms with E-state index in [1.54, 1.807) is 6.20 Å². The first-order chi connectivity index (χ1) is 15.2. The van der Waals surface area contributed by atoms with Crippen LogP contribution >= 0.6 is 11.3 Å². The summed E-state index contributed by atoms with van der Waals surface area (Å²) in [6, 6.07) is 17.7. The Labute approximate surface area is 186 Å². The maximum absolute atomic E-state index is 12.5. The lowest BCUT2D eigenvalue weighted by Crippen LogP contribution is -2.48. The molecule has 2 aromatic heterocycles. The number of benzene rings is 1. The smallest absolute Gasteiger partial charge is 0.264 e. The van der Waals surface area contributed by atoms with Gasteiger partial charge in [0.1, 0.15) is 5.82 Å². The normalized spacial score (nSPS) is 13.8. The minimum absolute atomic E-state index is 0.0986. The molecule has 0 radical (unpaired) electrons. The van der Waals surface area contributed by atoms with E-state index in [2.05, 4.69) is 27.3 Å². The highest BCUT2D eigenvalue weighted by atomic mass is 32.1. The summed E-state index contributed by atoms with van der Waals surface area (Å²) >= 11 is 1.48. The van der Waals surface area contributed by atoms with Crippen LogP contribution in [0.2, 0.25) is 0 Å². The van der Waals surface area contributed by atoms with Gasteiger partial charge in [0.25, 0.3) is 11.8 Å². The summed E-state index contributed by atoms with van der Waals surface area (Å²) in [4.78, 5) is 34.1. The average Bonchev–Trinajstić information content (AvgIpc) is 3.37. The molecule has 0 bridgehead atoms. The molecule has 1 aliphatic rings. The summed E-state index contributed by atoms with van der Waals surface area (Å²) in [7, 11) is 0. The molecule has 1 aliphatic heterocycles. The van der Waals surface area contributed by atoms with Crippen molar-refractivity contribution in [3.05, 3.63) is 82.2 Å². The fraction of sp³-hybridized carbons (Fsp3) is 0.292. The number of carbonyl (C=O) groups is 2. The first-order valence-corrected chi connectivity index (χ1v) is 11.4.